The molecule has 1 heterocycles. The van der Waals surface area contributed by atoms with Crippen molar-refractivity contribution in [3.05, 3.63) is 80.0 Å². The lowest BCUT2D eigenvalue weighted by Gasteiger charge is -2.16. The normalized spacial score (nSPS) is 14.3. The van der Waals surface area contributed by atoms with E-state index in [0.717, 1.165) is 31.2 Å². The van der Waals surface area contributed by atoms with Gasteiger partial charge in [-0.25, -0.2) is 4.79 Å². The molecule has 0 radical (unpaired) electrons. The van der Waals surface area contributed by atoms with Gasteiger partial charge in [-0.15, -0.1) is 0 Å². The van der Waals surface area contributed by atoms with E-state index >= 15 is 0 Å². The zero-order chi connectivity index (χ0) is 21.1. The molecular formula is C23H24ClN3O3. The second-order valence-electron chi connectivity index (χ2n) is 7.77. The number of hydrogen-bond donors (Lipinski definition) is 1. The fourth-order valence-electron chi connectivity index (χ4n) is 4.10. The number of hydrogen-bond acceptors (Lipinski definition) is 3. The quantitative estimate of drug-likeness (QED) is 0.659. The van der Waals surface area contributed by atoms with Crippen molar-refractivity contribution in [2.45, 2.75) is 51.2 Å². The minimum absolute atomic E-state index is 0.100. The van der Waals surface area contributed by atoms with Crippen LogP contribution in [-0.2, 0) is 24.3 Å². The molecule has 2 aromatic carbocycles. The highest BCUT2D eigenvalue weighted by Gasteiger charge is 2.19. The summed E-state index contributed by atoms with van der Waals surface area (Å²) < 4.78 is 2.63. The Hall–Kier alpha value is -2.86. The van der Waals surface area contributed by atoms with E-state index in [0.29, 0.717) is 22.3 Å². The number of carbonyl (C=O) groups excluding carboxylic acids is 1. The van der Waals surface area contributed by atoms with Crippen LogP contribution in [0.2, 0.25) is 5.02 Å². The minimum atomic E-state index is -0.464. The van der Waals surface area contributed by atoms with Gasteiger partial charge in [0.15, 0.2) is 0 Å². The second kappa shape index (κ2) is 8.88. The van der Waals surface area contributed by atoms with Crippen molar-refractivity contribution in [1.82, 2.24) is 14.5 Å². The van der Waals surface area contributed by atoms with Crippen LogP contribution in [0, 0.1) is 0 Å². The molecule has 1 aliphatic carbocycles. The summed E-state index contributed by atoms with van der Waals surface area (Å²) >= 11 is 5.93. The van der Waals surface area contributed by atoms with Gasteiger partial charge >= 0.3 is 5.69 Å². The maximum Gasteiger partial charge on any atom is 0.331 e. The smallest absolute Gasteiger partial charge is 0.331 e. The van der Waals surface area contributed by atoms with Crippen molar-refractivity contribution < 1.29 is 4.79 Å². The summed E-state index contributed by atoms with van der Waals surface area (Å²) in [4.78, 5) is 38.7. The molecule has 0 atom stereocenters. The molecule has 6 nitrogen and oxygen atoms in total. The summed E-state index contributed by atoms with van der Waals surface area (Å²) in [5.41, 5.74) is 0.660. The van der Waals surface area contributed by atoms with Gasteiger partial charge in [0.05, 0.1) is 10.9 Å². The molecule has 30 heavy (non-hydrogen) atoms. The number of fused-ring (bicyclic) bond motifs is 1. The molecule has 1 amide bonds. The summed E-state index contributed by atoms with van der Waals surface area (Å²) in [6.07, 6.45) is 4.69. The Kier molecular flexibility index (Phi) is 6.04. The topological polar surface area (TPSA) is 73.1 Å². The van der Waals surface area contributed by atoms with E-state index < -0.39 is 5.69 Å². The van der Waals surface area contributed by atoms with Gasteiger partial charge < -0.3 is 5.32 Å². The molecule has 1 saturated carbocycles. The molecule has 1 aromatic heterocycles. The van der Waals surface area contributed by atoms with Crippen LogP contribution in [0.25, 0.3) is 10.9 Å². The lowest BCUT2D eigenvalue weighted by molar-refractivity contribution is -0.122. The number of rotatable bonds is 6. The molecule has 0 aliphatic heterocycles. The number of amides is 1. The van der Waals surface area contributed by atoms with E-state index in [4.69, 9.17) is 11.6 Å². The number of benzene rings is 2. The summed E-state index contributed by atoms with van der Waals surface area (Å²) in [5.74, 6) is -0.197. The van der Waals surface area contributed by atoms with Crippen molar-refractivity contribution in [3.63, 3.8) is 0 Å². The molecule has 1 aliphatic rings. The fraction of sp³-hybridized carbons (Fsp3) is 0.348. The SMILES string of the molecule is O=C(Cn1c(=O)n(CCc2ccc(Cl)cc2)c(=O)c2ccccc21)NC1CCCC1. The van der Waals surface area contributed by atoms with Crippen molar-refractivity contribution in [1.29, 1.82) is 0 Å². The number of nitrogens with one attached hydrogen (secondary N) is 1. The van der Waals surface area contributed by atoms with E-state index in [1.807, 2.05) is 12.1 Å². The molecule has 0 bridgehead atoms. The van der Waals surface area contributed by atoms with Crippen molar-refractivity contribution in [3.8, 4) is 0 Å². The maximum atomic E-state index is 13.2. The van der Waals surface area contributed by atoms with Gasteiger partial charge in [0.2, 0.25) is 5.91 Å². The molecule has 4 rings (SSSR count). The third-order valence-electron chi connectivity index (χ3n) is 5.69. The Morgan fingerprint density at radius 1 is 1.00 bits per heavy atom. The molecular weight excluding hydrogens is 402 g/mol. The summed E-state index contributed by atoms with van der Waals surface area (Å²) in [5, 5.41) is 4.09. The Morgan fingerprint density at radius 2 is 1.70 bits per heavy atom. The van der Waals surface area contributed by atoms with Gasteiger partial charge in [0, 0.05) is 17.6 Å². The van der Waals surface area contributed by atoms with E-state index in [2.05, 4.69) is 5.32 Å². The molecule has 156 valence electrons. The van der Waals surface area contributed by atoms with Crippen LogP contribution >= 0.6 is 11.6 Å². The molecule has 0 saturated heterocycles. The highest BCUT2D eigenvalue weighted by Crippen LogP contribution is 2.17. The fourth-order valence-corrected chi connectivity index (χ4v) is 4.23. The van der Waals surface area contributed by atoms with E-state index in [9.17, 15) is 14.4 Å². The number of carbonyl (C=O) groups is 1. The second-order valence-corrected chi connectivity index (χ2v) is 8.20. The first kappa shape index (κ1) is 20.4. The zero-order valence-corrected chi connectivity index (χ0v) is 17.4. The van der Waals surface area contributed by atoms with E-state index in [1.165, 1.54) is 9.13 Å². The standard InChI is InChI=1S/C23H24ClN3O3/c24-17-11-9-16(10-12-17)13-14-26-22(29)19-7-3-4-8-20(19)27(23(26)30)15-21(28)25-18-5-1-2-6-18/h3-4,7-12,18H,1-2,5-6,13-15H2,(H,25,28). The first-order chi connectivity index (χ1) is 14.5. The van der Waals surface area contributed by atoms with Crippen LogP contribution in [-0.4, -0.2) is 21.1 Å². The number of aromatic nitrogens is 2. The molecule has 7 heteroatoms. The average Bonchev–Trinajstić information content (AvgIpc) is 3.25. The van der Waals surface area contributed by atoms with Crippen LogP contribution in [0.5, 0.6) is 0 Å². The Labute approximate surface area is 179 Å². The van der Waals surface area contributed by atoms with Crippen LogP contribution in [0.3, 0.4) is 0 Å². The van der Waals surface area contributed by atoms with Crippen LogP contribution in [0.15, 0.2) is 58.1 Å². The molecule has 3 aromatic rings. The minimum Gasteiger partial charge on any atom is -0.352 e. The van der Waals surface area contributed by atoms with Gasteiger partial charge in [0.25, 0.3) is 5.56 Å². The third kappa shape index (κ3) is 4.33. The van der Waals surface area contributed by atoms with Crippen LogP contribution < -0.4 is 16.6 Å². The predicted molar refractivity (Wildman–Crippen MR) is 118 cm³/mol. The lowest BCUT2D eigenvalue weighted by atomic mass is 10.1. The summed E-state index contributed by atoms with van der Waals surface area (Å²) in [6.45, 7) is 0.130. The number of halogens is 1. The van der Waals surface area contributed by atoms with E-state index in [-0.39, 0.29) is 30.6 Å². The number of aryl methyl sites for hydroxylation is 1. The van der Waals surface area contributed by atoms with Gasteiger partial charge in [-0.1, -0.05) is 48.7 Å². The Bertz CT molecular complexity index is 1180. The monoisotopic (exact) mass is 425 g/mol. The first-order valence-corrected chi connectivity index (χ1v) is 10.7. The van der Waals surface area contributed by atoms with Crippen LogP contribution in [0.4, 0.5) is 0 Å². The molecule has 1 N–H and O–H groups in total. The Morgan fingerprint density at radius 3 is 2.43 bits per heavy atom. The van der Waals surface area contributed by atoms with Gasteiger partial charge in [-0.2, -0.15) is 0 Å². The highest BCUT2D eigenvalue weighted by molar-refractivity contribution is 6.30. The zero-order valence-electron chi connectivity index (χ0n) is 16.6. The molecule has 0 spiro atoms. The maximum absolute atomic E-state index is 13.2. The highest BCUT2D eigenvalue weighted by atomic mass is 35.5. The van der Waals surface area contributed by atoms with Crippen molar-refractivity contribution in [2.24, 2.45) is 0 Å². The van der Waals surface area contributed by atoms with E-state index in [1.54, 1.807) is 36.4 Å². The summed E-state index contributed by atoms with van der Waals surface area (Å²) in [6, 6.07) is 14.4. The van der Waals surface area contributed by atoms with Crippen molar-refractivity contribution >= 4 is 28.4 Å². The van der Waals surface area contributed by atoms with Gasteiger partial charge in [-0.05, 0) is 49.1 Å². The number of nitrogens with zero attached hydrogens (tertiary/aromatic N) is 2. The largest absolute Gasteiger partial charge is 0.352 e. The summed E-state index contributed by atoms with van der Waals surface area (Å²) in [7, 11) is 0. The average molecular weight is 426 g/mol. The van der Waals surface area contributed by atoms with Crippen molar-refractivity contribution in [2.75, 3.05) is 0 Å². The third-order valence-corrected chi connectivity index (χ3v) is 5.94. The van der Waals surface area contributed by atoms with Gasteiger partial charge in [-0.3, -0.25) is 18.7 Å². The lowest BCUT2D eigenvalue weighted by Crippen LogP contribution is -2.44. The molecule has 1 fully saturated rings. The predicted octanol–water partition coefficient (Wildman–Crippen LogP) is 3.12. The van der Waals surface area contributed by atoms with Crippen LogP contribution in [0.1, 0.15) is 31.2 Å². The number of para-hydroxylation sites is 1. The molecule has 0 unspecified atom stereocenters. The Balaban J connectivity index is 1.66. The first-order valence-electron chi connectivity index (χ1n) is 10.3. The van der Waals surface area contributed by atoms with Gasteiger partial charge in [0.1, 0.15) is 6.54 Å².